The topological polar surface area (TPSA) is 91.7 Å². The molecule has 0 fully saturated rings. The molecule has 1 unspecified atom stereocenters. The highest BCUT2D eigenvalue weighted by Gasteiger charge is 2.24. The Hall–Kier alpha value is -3.26. The van der Waals surface area contributed by atoms with E-state index in [1.807, 2.05) is 24.6 Å². The van der Waals surface area contributed by atoms with Gasteiger partial charge in [-0.1, -0.05) is 29.0 Å². The zero-order chi connectivity index (χ0) is 20.8. The zero-order valence-corrected chi connectivity index (χ0v) is 17.9. The van der Waals surface area contributed by atoms with E-state index in [0.29, 0.717) is 24.5 Å². The van der Waals surface area contributed by atoms with Gasteiger partial charge in [0.05, 0.1) is 17.1 Å². The minimum Gasteiger partial charge on any atom is -0.482 e. The highest BCUT2D eigenvalue weighted by Crippen LogP contribution is 2.38. The molecule has 0 saturated heterocycles. The van der Waals surface area contributed by atoms with E-state index in [-0.39, 0.29) is 6.10 Å². The fraction of sp³-hybridized carbons (Fsp3) is 0.273. The number of anilines is 1. The van der Waals surface area contributed by atoms with Crippen molar-refractivity contribution in [3.63, 3.8) is 0 Å². The molecular weight excluding hydrogens is 396 g/mol. The minimum absolute atomic E-state index is 0.220. The second-order valence-electron chi connectivity index (χ2n) is 7.52. The maximum atomic E-state index is 6.33. The Morgan fingerprint density at radius 1 is 1.30 bits per heavy atom. The Kier molecular flexibility index (Phi) is 4.51. The summed E-state index contributed by atoms with van der Waals surface area (Å²) in [7, 11) is 0. The third kappa shape index (κ3) is 3.04. The van der Waals surface area contributed by atoms with Crippen LogP contribution in [0.1, 0.15) is 42.3 Å². The van der Waals surface area contributed by atoms with Gasteiger partial charge in [0.1, 0.15) is 6.10 Å². The Bertz CT molecular complexity index is 1240. The van der Waals surface area contributed by atoms with Gasteiger partial charge in [-0.3, -0.25) is 0 Å². The number of nitrogen functional groups attached to an aromatic ring is 1. The van der Waals surface area contributed by atoms with Crippen LogP contribution in [0, 0.1) is 6.92 Å². The average molecular weight is 419 g/mol. The Balaban J connectivity index is 1.79. The minimum atomic E-state index is -0.220. The zero-order valence-electron chi connectivity index (χ0n) is 17.1. The maximum absolute atomic E-state index is 6.33. The Morgan fingerprint density at radius 3 is 3.00 bits per heavy atom. The molecule has 5 rings (SSSR count). The summed E-state index contributed by atoms with van der Waals surface area (Å²) >= 11 is 1.46. The smallest absolute Gasteiger partial charge is 0.166 e. The van der Waals surface area contributed by atoms with E-state index < -0.39 is 0 Å². The summed E-state index contributed by atoms with van der Waals surface area (Å²) in [5, 5.41) is 10.9. The van der Waals surface area contributed by atoms with E-state index in [1.54, 1.807) is 6.20 Å². The molecule has 0 amide bonds. The SMILES string of the molecule is CCn1nnc2c1-c1cnc(N)c(c1)OC(C)c1cc(C)ccc1-c1nscc1C2. The standard InChI is InChI=1S/C22H22N6OS/c1-4-28-21-14-9-19(22(23)24-10-14)29-13(3)17-7-12(2)5-6-16(17)20-15(11-30-26-20)8-18(21)25-27-28/h5-7,9-11,13H,4,8H2,1-3H3,(H2,23,24). The third-order valence-corrected chi connectivity index (χ3v) is 6.14. The van der Waals surface area contributed by atoms with Crippen molar-refractivity contribution < 1.29 is 4.74 Å². The molecule has 8 heteroatoms. The Labute approximate surface area is 178 Å². The number of rotatable bonds is 1. The van der Waals surface area contributed by atoms with E-state index in [2.05, 4.69) is 45.8 Å². The molecule has 4 aromatic rings. The van der Waals surface area contributed by atoms with Crippen LogP contribution in [0.5, 0.6) is 5.75 Å². The van der Waals surface area contributed by atoms with Gasteiger partial charge in [0, 0.05) is 41.2 Å². The highest BCUT2D eigenvalue weighted by molar-refractivity contribution is 7.04. The quantitative estimate of drug-likeness (QED) is 0.492. The first-order valence-corrected chi connectivity index (χ1v) is 10.8. The van der Waals surface area contributed by atoms with Crippen LogP contribution >= 0.6 is 11.5 Å². The normalized spacial score (nSPS) is 15.2. The number of fused-ring (bicyclic) bond motifs is 7. The van der Waals surface area contributed by atoms with Gasteiger partial charge in [-0.2, -0.15) is 4.37 Å². The fourth-order valence-corrected chi connectivity index (χ4v) is 4.65. The average Bonchev–Trinajstić information content (AvgIpc) is 3.36. The largest absolute Gasteiger partial charge is 0.482 e. The summed E-state index contributed by atoms with van der Waals surface area (Å²) < 4.78 is 13.0. The first-order valence-electron chi connectivity index (χ1n) is 9.94. The van der Waals surface area contributed by atoms with E-state index in [9.17, 15) is 0 Å². The number of nitrogens with two attached hydrogens (primary N) is 1. The molecule has 7 nitrogen and oxygen atoms in total. The summed E-state index contributed by atoms with van der Waals surface area (Å²) in [4.78, 5) is 4.40. The maximum Gasteiger partial charge on any atom is 0.166 e. The van der Waals surface area contributed by atoms with E-state index in [4.69, 9.17) is 14.8 Å². The fourth-order valence-electron chi connectivity index (χ4n) is 3.96. The second-order valence-corrected chi connectivity index (χ2v) is 8.15. The summed E-state index contributed by atoms with van der Waals surface area (Å²) in [6.45, 7) is 6.87. The molecule has 0 spiro atoms. The third-order valence-electron chi connectivity index (χ3n) is 5.46. The number of aromatic nitrogens is 5. The number of benzene rings is 1. The molecule has 1 aromatic carbocycles. The molecule has 30 heavy (non-hydrogen) atoms. The van der Waals surface area contributed by atoms with Crippen molar-refractivity contribution in [2.75, 3.05) is 5.73 Å². The van der Waals surface area contributed by atoms with Crippen LogP contribution in [0.25, 0.3) is 22.5 Å². The van der Waals surface area contributed by atoms with Crippen molar-refractivity contribution >= 4 is 17.4 Å². The lowest BCUT2D eigenvalue weighted by atomic mass is 9.94. The molecule has 1 atom stereocenters. The molecule has 152 valence electrons. The first-order chi connectivity index (χ1) is 14.5. The van der Waals surface area contributed by atoms with Crippen LogP contribution in [0.15, 0.2) is 35.8 Å². The predicted octanol–water partition coefficient (Wildman–Crippen LogP) is 4.42. The summed E-state index contributed by atoms with van der Waals surface area (Å²) in [5.74, 6) is 0.921. The summed E-state index contributed by atoms with van der Waals surface area (Å²) in [6.07, 6.45) is 2.18. The van der Waals surface area contributed by atoms with Gasteiger partial charge in [0.2, 0.25) is 0 Å². The van der Waals surface area contributed by atoms with Crippen LogP contribution in [0.4, 0.5) is 5.82 Å². The van der Waals surface area contributed by atoms with Crippen molar-refractivity contribution in [1.82, 2.24) is 24.4 Å². The molecular formula is C22H22N6OS. The van der Waals surface area contributed by atoms with E-state index >= 15 is 0 Å². The van der Waals surface area contributed by atoms with Gasteiger partial charge < -0.3 is 10.5 Å². The van der Waals surface area contributed by atoms with Crippen molar-refractivity contribution in [3.05, 3.63) is 58.2 Å². The van der Waals surface area contributed by atoms with Gasteiger partial charge >= 0.3 is 0 Å². The van der Waals surface area contributed by atoms with Gasteiger partial charge in [0.15, 0.2) is 11.6 Å². The van der Waals surface area contributed by atoms with Crippen LogP contribution in [-0.4, -0.2) is 24.4 Å². The molecule has 2 N–H and O–H groups in total. The van der Waals surface area contributed by atoms with Crippen LogP contribution in [-0.2, 0) is 13.0 Å². The molecule has 2 bridgehead atoms. The lowest BCUT2D eigenvalue weighted by Crippen LogP contribution is -2.09. The van der Waals surface area contributed by atoms with Crippen molar-refractivity contribution in [2.24, 2.45) is 0 Å². The van der Waals surface area contributed by atoms with Gasteiger partial charge in [0.25, 0.3) is 0 Å². The molecule has 3 aromatic heterocycles. The molecule has 4 heterocycles. The summed E-state index contributed by atoms with van der Waals surface area (Å²) in [6, 6.07) is 8.32. The van der Waals surface area contributed by atoms with Gasteiger partial charge in [-0.15, -0.1) is 5.10 Å². The lowest BCUT2D eigenvalue weighted by Gasteiger charge is -2.21. The van der Waals surface area contributed by atoms with Crippen molar-refractivity contribution in [3.8, 4) is 28.3 Å². The lowest BCUT2D eigenvalue weighted by molar-refractivity contribution is 0.228. The molecule has 0 aliphatic carbocycles. The molecule has 0 radical (unpaired) electrons. The highest BCUT2D eigenvalue weighted by atomic mass is 32.1. The first kappa shape index (κ1) is 18.7. The predicted molar refractivity (Wildman–Crippen MR) is 117 cm³/mol. The van der Waals surface area contributed by atoms with Crippen molar-refractivity contribution in [2.45, 2.75) is 39.8 Å². The summed E-state index contributed by atoms with van der Waals surface area (Å²) in [5.41, 5.74) is 14.3. The van der Waals surface area contributed by atoms with E-state index in [0.717, 1.165) is 39.3 Å². The Morgan fingerprint density at radius 2 is 2.17 bits per heavy atom. The van der Waals surface area contributed by atoms with Gasteiger partial charge in [-0.25, -0.2) is 9.67 Å². The van der Waals surface area contributed by atoms with Crippen molar-refractivity contribution in [1.29, 1.82) is 0 Å². The number of hydrogen-bond acceptors (Lipinski definition) is 7. The number of hydrogen-bond donors (Lipinski definition) is 1. The van der Waals surface area contributed by atoms with Crippen LogP contribution < -0.4 is 10.5 Å². The molecule has 1 aliphatic heterocycles. The van der Waals surface area contributed by atoms with Crippen LogP contribution in [0.3, 0.4) is 0 Å². The number of ether oxygens (including phenoxy) is 1. The molecule has 1 aliphatic rings. The second kappa shape index (κ2) is 7.21. The molecule has 0 saturated carbocycles. The number of aryl methyl sites for hydroxylation is 2. The number of pyridine rings is 1. The van der Waals surface area contributed by atoms with Gasteiger partial charge in [-0.05, 0) is 43.9 Å². The van der Waals surface area contributed by atoms with Crippen LogP contribution in [0.2, 0.25) is 0 Å². The number of nitrogens with zero attached hydrogens (tertiary/aromatic N) is 5. The van der Waals surface area contributed by atoms with E-state index in [1.165, 1.54) is 17.1 Å². The monoisotopic (exact) mass is 418 g/mol.